The molecule has 1 aromatic carbocycles. The van der Waals surface area contributed by atoms with Crippen molar-refractivity contribution in [2.75, 3.05) is 18.4 Å². The van der Waals surface area contributed by atoms with Crippen LogP contribution in [0.2, 0.25) is 0 Å². The smallest absolute Gasteiger partial charge is 0.243 e. The van der Waals surface area contributed by atoms with Gasteiger partial charge in [0, 0.05) is 31.2 Å². The fraction of sp³-hybridized carbons (Fsp3) is 0.643. The molecule has 4 saturated carbocycles. The van der Waals surface area contributed by atoms with Crippen LogP contribution in [0.1, 0.15) is 70.6 Å². The SMILES string of the molecule is C=CC(=O)NC1CCCN(S(=O)(=O)c2ccc(NC(=O)CCC34CC5CC(CC(C5)C3)C4)cc2)CC1. The van der Waals surface area contributed by atoms with Crippen molar-refractivity contribution in [1.29, 1.82) is 0 Å². The lowest BCUT2D eigenvalue weighted by Gasteiger charge is -2.57. The number of anilines is 1. The van der Waals surface area contributed by atoms with Gasteiger partial charge in [-0.3, -0.25) is 9.59 Å². The van der Waals surface area contributed by atoms with Crippen molar-refractivity contribution in [3.63, 3.8) is 0 Å². The van der Waals surface area contributed by atoms with Crippen molar-refractivity contribution in [3.05, 3.63) is 36.9 Å². The first-order chi connectivity index (χ1) is 17.2. The number of nitrogens with zero attached hydrogens (tertiary/aromatic N) is 1. The molecule has 1 atom stereocenters. The third kappa shape index (κ3) is 5.54. The third-order valence-electron chi connectivity index (χ3n) is 9.04. The van der Waals surface area contributed by atoms with Gasteiger partial charge in [-0.25, -0.2) is 8.42 Å². The molecule has 0 radical (unpaired) electrons. The zero-order valence-corrected chi connectivity index (χ0v) is 21.9. The van der Waals surface area contributed by atoms with E-state index >= 15 is 0 Å². The predicted octanol–water partition coefficient (Wildman–Crippen LogP) is 4.47. The van der Waals surface area contributed by atoms with Crippen molar-refractivity contribution in [1.82, 2.24) is 9.62 Å². The first-order valence-corrected chi connectivity index (χ1v) is 15.0. The Morgan fingerprint density at radius 2 is 1.64 bits per heavy atom. The fourth-order valence-corrected chi connectivity index (χ4v) is 9.27. The average molecular weight is 514 g/mol. The Kier molecular flexibility index (Phi) is 7.27. The molecule has 2 N–H and O–H groups in total. The average Bonchev–Trinajstić information content (AvgIpc) is 3.08. The highest BCUT2D eigenvalue weighted by Gasteiger charge is 2.50. The van der Waals surface area contributed by atoms with E-state index in [0.29, 0.717) is 43.5 Å². The minimum Gasteiger partial charge on any atom is -0.350 e. The Labute approximate surface area is 215 Å². The van der Waals surface area contributed by atoms with Gasteiger partial charge in [-0.15, -0.1) is 0 Å². The van der Waals surface area contributed by atoms with Gasteiger partial charge in [0.25, 0.3) is 0 Å². The summed E-state index contributed by atoms with van der Waals surface area (Å²) >= 11 is 0. The van der Waals surface area contributed by atoms with Gasteiger partial charge < -0.3 is 10.6 Å². The van der Waals surface area contributed by atoms with Crippen LogP contribution in [0.15, 0.2) is 41.8 Å². The Bertz CT molecular complexity index is 1060. The molecule has 4 aliphatic carbocycles. The van der Waals surface area contributed by atoms with Gasteiger partial charge in [-0.2, -0.15) is 4.31 Å². The van der Waals surface area contributed by atoms with E-state index in [1.54, 1.807) is 24.3 Å². The molecule has 8 heteroatoms. The summed E-state index contributed by atoms with van der Waals surface area (Å²) in [5.74, 6) is 2.44. The molecule has 1 unspecified atom stereocenters. The van der Waals surface area contributed by atoms with Gasteiger partial charge in [0.15, 0.2) is 0 Å². The quantitative estimate of drug-likeness (QED) is 0.502. The minimum atomic E-state index is -3.64. The van der Waals surface area contributed by atoms with E-state index in [1.807, 2.05) is 0 Å². The Balaban J connectivity index is 1.14. The fourth-order valence-electron chi connectivity index (χ4n) is 7.77. The number of amides is 2. The molecule has 36 heavy (non-hydrogen) atoms. The highest BCUT2D eigenvalue weighted by Crippen LogP contribution is 2.61. The second-order valence-corrected chi connectivity index (χ2v) is 13.7. The normalized spacial score (nSPS) is 32.0. The van der Waals surface area contributed by atoms with Gasteiger partial charge in [0.05, 0.1) is 4.90 Å². The van der Waals surface area contributed by atoms with Gasteiger partial charge >= 0.3 is 0 Å². The molecular formula is C28H39N3O4S. The molecule has 1 aromatic rings. The summed E-state index contributed by atoms with van der Waals surface area (Å²) in [5, 5.41) is 5.85. The van der Waals surface area contributed by atoms with E-state index in [-0.39, 0.29) is 22.8 Å². The molecule has 1 saturated heterocycles. The Morgan fingerprint density at radius 1 is 1.00 bits per heavy atom. The zero-order valence-electron chi connectivity index (χ0n) is 21.1. The van der Waals surface area contributed by atoms with E-state index in [4.69, 9.17) is 0 Å². The lowest BCUT2D eigenvalue weighted by Crippen LogP contribution is -2.46. The standard InChI is InChI=1S/C28H39N3O4S/c1-2-26(32)29-23-4-3-12-31(13-10-23)36(34,35)25-7-5-24(6-8-25)30-27(33)9-11-28-17-20-14-21(18-28)16-22(15-20)19-28/h2,5-8,20-23H,1,3-4,9-19H2,(H,29,32)(H,30,33). The molecule has 4 bridgehead atoms. The van der Waals surface area contributed by atoms with Crippen LogP contribution in [0, 0.1) is 23.2 Å². The Hall–Kier alpha value is -2.19. The third-order valence-corrected chi connectivity index (χ3v) is 11.0. The summed E-state index contributed by atoms with van der Waals surface area (Å²) < 4.78 is 27.9. The Morgan fingerprint density at radius 3 is 2.25 bits per heavy atom. The van der Waals surface area contributed by atoms with Crippen LogP contribution in [-0.4, -0.2) is 43.7 Å². The molecule has 7 nitrogen and oxygen atoms in total. The van der Waals surface area contributed by atoms with Gasteiger partial charge in [0.1, 0.15) is 0 Å². The van der Waals surface area contributed by atoms with Crippen molar-refractivity contribution >= 4 is 27.5 Å². The monoisotopic (exact) mass is 513 g/mol. The molecule has 5 aliphatic rings. The number of sulfonamides is 1. The molecule has 0 spiro atoms. The molecular weight excluding hydrogens is 474 g/mol. The van der Waals surface area contributed by atoms with Gasteiger partial charge in [-0.1, -0.05) is 6.58 Å². The molecule has 2 amide bonds. The second kappa shape index (κ2) is 10.3. The van der Waals surface area contributed by atoms with Crippen LogP contribution in [0.25, 0.3) is 0 Å². The summed E-state index contributed by atoms with van der Waals surface area (Å²) in [6, 6.07) is 6.46. The lowest BCUT2D eigenvalue weighted by atomic mass is 9.48. The maximum absolute atomic E-state index is 13.2. The summed E-state index contributed by atoms with van der Waals surface area (Å²) in [7, 11) is -3.64. The number of carbonyl (C=O) groups is 2. The first-order valence-electron chi connectivity index (χ1n) is 13.6. The van der Waals surface area contributed by atoms with Crippen LogP contribution in [-0.2, 0) is 19.6 Å². The maximum atomic E-state index is 13.2. The number of benzene rings is 1. The van der Waals surface area contributed by atoms with Crippen LogP contribution in [0.3, 0.4) is 0 Å². The number of nitrogens with one attached hydrogen (secondary N) is 2. The lowest BCUT2D eigenvalue weighted by molar-refractivity contribution is -0.119. The van der Waals surface area contributed by atoms with Crippen LogP contribution in [0.4, 0.5) is 5.69 Å². The van der Waals surface area contributed by atoms with E-state index in [1.165, 1.54) is 48.9 Å². The van der Waals surface area contributed by atoms with Crippen LogP contribution in [0.5, 0.6) is 0 Å². The van der Waals surface area contributed by atoms with Gasteiger partial charge in [0.2, 0.25) is 21.8 Å². The minimum absolute atomic E-state index is 0.0153. The molecule has 196 valence electrons. The number of hydrogen-bond donors (Lipinski definition) is 2. The highest BCUT2D eigenvalue weighted by atomic mass is 32.2. The van der Waals surface area contributed by atoms with E-state index < -0.39 is 10.0 Å². The zero-order chi connectivity index (χ0) is 25.3. The molecule has 5 fully saturated rings. The van der Waals surface area contributed by atoms with Crippen molar-refractivity contribution in [3.8, 4) is 0 Å². The molecule has 6 rings (SSSR count). The molecule has 0 aromatic heterocycles. The largest absolute Gasteiger partial charge is 0.350 e. The molecule has 1 aliphatic heterocycles. The summed E-state index contributed by atoms with van der Waals surface area (Å²) in [6.45, 7) is 4.25. The first kappa shape index (κ1) is 25.5. The topological polar surface area (TPSA) is 95.6 Å². The summed E-state index contributed by atoms with van der Waals surface area (Å²) in [5.41, 5.74) is 1.01. The van der Waals surface area contributed by atoms with Crippen LogP contribution < -0.4 is 10.6 Å². The van der Waals surface area contributed by atoms with E-state index in [0.717, 1.165) is 30.6 Å². The number of hydrogen-bond acceptors (Lipinski definition) is 4. The van der Waals surface area contributed by atoms with Crippen LogP contribution >= 0.6 is 0 Å². The van der Waals surface area contributed by atoms with Gasteiger partial charge in [-0.05, 0) is 118 Å². The van der Waals surface area contributed by atoms with E-state index in [9.17, 15) is 18.0 Å². The van der Waals surface area contributed by atoms with Crippen molar-refractivity contribution < 1.29 is 18.0 Å². The number of carbonyl (C=O) groups excluding carboxylic acids is 2. The maximum Gasteiger partial charge on any atom is 0.243 e. The van der Waals surface area contributed by atoms with Crippen molar-refractivity contribution in [2.45, 2.75) is 81.6 Å². The second-order valence-electron chi connectivity index (χ2n) is 11.7. The van der Waals surface area contributed by atoms with Crippen molar-refractivity contribution in [2.24, 2.45) is 23.2 Å². The predicted molar refractivity (Wildman–Crippen MR) is 140 cm³/mol. The molecule has 1 heterocycles. The summed E-state index contributed by atoms with van der Waals surface area (Å²) in [6.07, 6.45) is 12.9. The highest BCUT2D eigenvalue weighted by molar-refractivity contribution is 7.89. The number of rotatable bonds is 8. The summed E-state index contributed by atoms with van der Waals surface area (Å²) in [4.78, 5) is 24.5. The van der Waals surface area contributed by atoms with E-state index in [2.05, 4.69) is 17.2 Å².